The van der Waals surface area contributed by atoms with Crippen LogP contribution < -0.4 is 24.8 Å². The van der Waals surface area contributed by atoms with Crippen molar-refractivity contribution in [1.82, 2.24) is 0 Å². The largest absolute Gasteiger partial charge is 0.495 e. The van der Waals surface area contributed by atoms with Crippen LogP contribution in [0.25, 0.3) is 10.8 Å². The first-order valence-electron chi connectivity index (χ1n) is 13.7. The van der Waals surface area contributed by atoms with Gasteiger partial charge in [-0.2, -0.15) is 0 Å². The fourth-order valence-electron chi connectivity index (χ4n) is 4.48. The van der Waals surface area contributed by atoms with Gasteiger partial charge in [-0.3, -0.25) is 4.99 Å². The van der Waals surface area contributed by atoms with E-state index in [1.807, 2.05) is 48.5 Å². The molecule has 0 spiro atoms. The van der Waals surface area contributed by atoms with Gasteiger partial charge in [0.25, 0.3) is 0 Å². The van der Waals surface area contributed by atoms with Crippen LogP contribution in [0.4, 0.5) is 11.4 Å². The van der Waals surface area contributed by atoms with Crippen LogP contribution in [0.5, 0.6) is 17.2 Å². The molecule has 0 bridgehead atoms. The Labute approximate surface area is 232 Å². The first-order valence-corrected chi connectivity index (χ1v) is 13.7. The second kappa shape index (κ2) is 15.3. The average molecular weight is 526 g/mol. The Balaban J connectivity index is 1.20. The highest BCUT2D eigenvalue weighted by Crippen LogP contribution is 2.27. The Kier molecular flexibility index (Phi) is 10.9. The van der Waals surface area contributed by atoms with Gasteiger partial charge in [0.05, 0.1) is 32.2 Å². The molecule has 0 aliphatic carbocycles. The van der Waals surface area contributed by atoms with E-state index in [1.165, 1.54) is 30.0 Å². The van der Waals surface area contributed by atoms with Crippen molar-refractivity contribution in [1.29, 1.82) is 0 Å². The molecule has 0 atom stereocenters. The van der Waals surface area contributed by atoms with Crippen molar-refractivity contribution < 1.29 is 14.2 Å². The summed E-state index contributed by atoms with van der Waals surface area (Å²) in [6, 6.07) is 30.2. The van der Waals surface area contributed by atoms with Gasteiger partial charge >= 0.3 is 0 Å². The molecule has 0 aliphatic heterocycles. The van der Waals surface area contributed by atoms with E-state index in [9.17, 15) is 0 Å². The fraction of sp³-hybridized carbons (Fsp3) is 0.303. The van der Waals surface area contributed by atoms with Gasteiger partial charge in [0, 0.05) is 11.9 Å². The van der Waals surface area contributed by atoms with E-state index in [0.29, 0.717) is 5.96 Å². The van der Waals surface area contributed by atoms with Crippen LogP contribution >= 0.6 is 0 Å². The zero-order valence-corrected chi connectivity index (χ0v) is 23.0. The lowest BCUT2D eigenvalue weighted by molar-refractivity contribution is 0.308. The standard InChI is InChI=1S/C33H39N3O3/c1-37-31-21-11-9-19-28(31)35-33(36-29-20-10-12-22-32(29)38-2)34-24-13-5-3-4-6-14-25-39-30-23-15-17-26-16-7-8-18-27(26)30/h7-12,15-23H,3-6,13-14,24-25H2,1-2H3,(H2,34,35,36). The summed E-state index contributed by atoms with van der Waals surface area (Å²) in [6.45, 7) is 1.48. The summed E-state index contributed by atoms with van der Waals surface area (Å²) in [5.74, 6) is 3.16. The number of nitrogens with zero attached hydrogens (tertiary/aromatic N) is 1. The van der Waals surface area contributed by atoms with Gasteiger partial charge in [-0.05, 0) is 48.6 Å². The minimum atomic E-state index is 0.662. The maximum absolute atomic E-state index is 6.07. The smallest absolute Gasteiger partial charge is 0.200 e. The molecule has 4 aromatic carbocycles. The lowest BCUT2D eigenvalue weighted by Crippen LogP contribution is -2.23. The van der Waals surface area contributed by atoms with E-state index >= 15 is 0 Å². The molecule has 2 N–H and O–H groups in total. The second-order valence-corrected chi connectivity index (χ2v) is 9.33. The molecule has 6 nitrogen and oxygen atoms in total. The van der Waals surface area contributed by atoms with Crippen LogP contribution in [0.3, 0.4) is 0 Å². The van der Waals surface area contributed by atoms with Crippen molar-refractivity contribution >= 4 is 28.1 Å². The zero-order valence-electron chi connectivity index (χ0n) is 23.0. The highest BCUT2D eigenvalue weighted by atomic mass is 16.5. The number of ether oxygens (including phenoxy) is 3. The summed E-state index contributed by atoms with van der Waals surface area (Å²) in [4.78, 5) is 4.83. The number of guanidine groups is 1. The molecule has 4 aromatic rings. The van der Waals surface area contributed by atoms with E-state index in [1.54, 1.807) is 14.2 Å². The van der Waals surface area contributed by atoms with Crippen molar-refractivity contribution in [2.75, 3.05) is 38.0 Å². The van der Waals surface area contributed by atoms with Crippen molar-refractivity contribution in [3.63, 3.8) is 0 Å². The number of unbranched alkanes of at least 4 members (excludes halogenated alkanes) is 5. The predicted octanol–water partition coefficient (Wildman–Crippen LogP) is 8.16. The number of hydrogen-bond acceptors (Lipinski definition) is 4. The van der Waals surface area contributed by atoms with Gasteiger partial charge in [0.2, 0.25) is 5.96 Å². The topological polar surface area (TPSA) is 64.1 Å². The Hall–Kier alpha value is -4.19. The predicted molar refractivity (Wildman–Crippen MR) is 163 cm³/mol. The minimum absolute atomic E-state index is 0.662. The van der Waals surface area contributed by atoms with Gasteiger partial charge < -0.3 is 24.8 Å². The van der Waals surface area contributed by atoms with E-state index in [-0.39, 0.29) is 0 Å². The normalized spacial score (nSPS) is 10.6. The highest BCUT2D eigenvalue weighted by Gasteiger charge is 2.09. The Bertz CT molecular complexity index is 1280. The summed E-state index contributed by atoms with van der Waals surface area (Å²) < 4.78 is 17.1. The molecule has 0 fully saturated rings. The number of aliphatic imine (C=N–C) groups is 1. The van der Waals surface area contributed by atoms with Crippen molar-refractivity contribution in [2.24, 2.45) is 4.99 Å². The highest BCUT2D eigenvalue weighted by molar-refractivity contribution is 6.05. The van der Waals surface area contributed by atoms with Crippen molar-refractivity contribution in [3.8, 4) is 17.2 Å². The van der Waals surface area contributed by atoms with Gasteiger partial charge in [-0.25, -0.2) is 0 Å². The van der Waals surface area contributed by atoms with Crippen LogP contribution in [0.15, 0.2) is 96.0 Å². The van der Waals surface area contributed by atoms with Gasteiger partial charge in [-0.1, -0.05) is 86.3 Å². The molecule has 0 amide bonds. The van der Waals surface area contributed by atoms with Crippen molar-refractivity contribution in [2.45, 2.75) is 38.5 Å². The zero-order chi connectivity index (χ0) is 27.1. The fourth-order valence-corrected chi connectivity index (χ4v) is 4.48. The molecule has 39 heavy (non-hydrogen) atoms. The summed E-state index contributed by atoms with van der Waals surface area (Å²) in [5.41, 5.74) is 1.71. The van der Waals surface area contributed by atoms with E-state index in [4.69, 9.17) is 19.2 Å². The number of fused-ring (bicyclic) bond motifs is 1. The Morgan fingerprint density at radius 3 is 1.82 bits per heavy atom. The summed E-state index contributed by atoms with van der Waals surface area (Å²) in [6.07, 6.45) is 6.80. The monoisotopic (exact) mass is 525 g/mol. The molecule has 0 aliphatic rings. The third-order valence-electron chi connectivity index (χ3n) is 6.55. The average Bonchev–Trinajstić information content (AvgIpc) is 2.98. The Morgan fingerprint density at radius 2 is 1.13 bits per heavy atom. The van der Waals surface area contributed by atoms with E-state index in [0.717, 1.165) is 61.0 Å². The lowest BCUT2D eigenvalue weighted by Gasteiger charge is -2.16. The quantitative estimate of drug-likeness (QED) is 0.0988. The molecule has 0 aromatic heterocycles. The number of hydrogen-bond donors (Lipinski definition) is 2. The van der Waals surface area contributed by atoms with Gasteiger partial charge in [-0.15, -0.1) is 0 Å². The van der Waals surface area contributed by atoms with Crippen LogP contribution in [-0.4, -0.2) is 33.3 Å². The number of methoxy groups -OCH3 is 2. The maximum atomic E-state index is 6.07. The van der Waals surface area contributed by atoms with Gasteiger partial charge in [0.1, 0.15) is 17.2 Å². The molecule has 0 unspecified atom stereocenters. The van der Waals surface area contributed by atoms with Crippen LogP contribution in [0.1, 0.15) is 38.5 Å². The molecule has 204 valence electrons. The SMILES string of the molecule is COc1ccccc1NC(=NCCCCCCCCOc1cccc2ccccc12)Nc1ccccc1OC. The molecule has 0 heterocycles. The molecule has 6 heteroatoms. The second-order valence-electron chi connectivity index (χ2n) is 9.33. The molecule has 0 radical (unpaired) electrons. The number of benzene rings is 4. The molecule has 0 saturated carbocycles. The third-order valence-corrected chi connectivity index (χ3v) is 6.55. The molecule has 0 saturated heterocycles. The number of anilines is 2. The number of nitrogens with one attached hydrogen (secondary N) is 2. The van der Waals surface area contributed by atoms with Crippen molar-refractivity contribution in [3.05, 3.63) is 91.0 Å². The third kappa shape index (κ3) is 8.40. The number of rotatable bonds is 14. The molecule has 4 rings (SSSR count). The molecular weight excluding hydrogens is 486 g/mol. The summed E-state index contributed by atoms with van der Waals surface area (Å²) in [7, 11) is 3.33. The van der Waals surface area contributed by atoms with E-state index < -0.39 is 0 Å². The van der Waals surface area contributed by atoms with Crippen LogP contribution in [-0.2, 0) is 0 Å². The Morgan fingerprint density at radius 1 is 0.590 bits per heavy atom. The minimum Gasteiger partial charge on any atom is -0.495 e. The van der Waals surface area contributed by atoms with Crippen LogP contribution in [0, 0.1) is 0 Å². The first-order chi connectivity index (χ1) is 19.3. The van der Waals surface area contributed by atoms with Gasteiger partial charge in [0.15, 0.2) is 0 Å². The summed E-state index contributed by atoms with van der Waals surface area (Å²) >= 11 is 0. The molecular formula is C33H39N3O3. The van der Waals surface area contributed by atoms with E-state index in [2.05, 4.69) is 53.1 Å². The summed E-state index contributed by atoms with van der Waals surface area (Å²) in [5, 5.41) is 9.19. The lowest BCUT2D eigenvalue weighted by atomic mass is 10.1. The van der Waals surface area contributed by atoms with Crippen LogP contribution in [0.2, 0.25) is 0 Å². The number of para-hydroxylation sites is 4. The first kappa shape index (κ1) is 27.8. The maximum Gasteiger partial charge on any atom is 0.200 e.